The summed E-state index contributed by atoms with van der Waals surface area (Å²) in [6.45, 7) is 0.812. The molecular weight excluding hydrogens is 230 g/mol. The van der Waals surface area contributed by atoms with Crippen molar-refractivity contribution in [3.8, 4) is 0 Å². The Kier molecular flexibility index (Phi) is 4.28. The van der Waals surface area contributed by atoms with Gasteiger partial charge in [0.15, 0.2) is 5.69 Å². The molecule has 0 aliphatic heterocycles. The number of anilines is 1. The number of rotatable bonds is 5. The molecule has 1 aliphatic carbocycles. The molecule has 1 heterocycles. The van der Waals surface area contributed by atoms with Crippen LogP contribution in [0.4, 0.5) is 5.82 Å². The molecule has 0 fully saturated rings. The maximum atomic E-state index is 10.6. The summed E-state index contributed by atoms with van der Waals surface area (Å²) in [5.74, 6) is -0.433. The molecule has 0 aromatic carbocycles. The molecule has 0 amide bonds. The summed E-state index contributed by atoms with van der Waals surface area (Å²) in [4.78, 5) is 18.4. The van der Waals surface area contributed by atoms with Crippen LogP contribution in [-0.2, 0) is 0 Å². The molecule has 18 heavy (non-hydrogen) atoms. The Hall–Kier alpha value is -1.91. The van der Waals surface area contributed by atoms with Gasteiger partial charge in [0.05, 0.1) is 12.4 Å². The van der Waals surface area contributed by atoms with Crippen LogP contribution in [0.5, 0.6) is 0 Å². The molecule has 0 saturated heterocycles. The second-order valence-electron chi connectivity index (χ2n) is 4.38. The first kappa shape index (κ1) is 12.5. The van der Waals surface area contributed by atoms with E-state index in [1.807, 2.05) is 0 Å². The second-order valence-corrected chi connectivity index (χ2v) is 4.38. The number of aromatic nitrogens is 2. The van der Waals surface area contributed by atoms with E-state index in [0.717, 1.165) is 13.0 Å². The molecule has 0 atom stereocenters. The highest BCUT2D eigenvalue weighted by Crippen LogP contribution is 2.19. The summed E-state index contributed by atoms with van der Waals surface area (Å²) in [5.41, 5.74) is 1.47. The molecule has 0 bridgehead atoms. The van der Waals surface area contributed by atoms with Crippen molar-refractivity contribution in [3.05, 3.63) is 29.7 Å². The minimum atomic E-state index is -1.05. The summed E-state index contributed by atoms with van der Waals surface area (Å²) in [6, 6.07) is 0. The minimum absolute atomic E-state index is 0.0319. The van der Waals surface area contributed by atoms with Crippen molar-refractivity contribution in [1.29, 1.82) is 0 Å². The van der Waals surface area contributed by atoms with Gasteiger partial charge in [0.1, 0.15) is 5.82 Å². The zero-order valence-corrected chi connectivity index (χ0v) is 10.2. The normalized spacial score (nSPS) is 15.0. The van der Waals surface area contributed by atoms with Crippen molar-refractivity contribution in [2.24, 2.45) is 0 Å². The lowest BCUT2D eigenvalue weighted by Gasteiger charge is -2.12. The predicted molar refractivity (Wildman–Crippen MR) is 68.6 cm³/mol. The van der Waals surface area contributed by atoms with E-state index in [-0.39, 0.29) is 5.69 Å². The number of carboxylic acid groups (broad SMARTS) is 1. The maximum absolute atomic E-state index is 10.6. The molecule has 1 aromatic rings. The third kappa shape index (κ3) is 3.55. The van der Waals surface area contributed by atoms with E-state index in [9.17, 15) is 4.79 Å². The van der Waals surface area contributed by atoms with Crippen LogP contribution in [0.2, 0.25) is 0 Å². The molecule has 96 valence electrons. The number of carbonyl (C=O) groups is 1. The molecule has 5 nitrogen and oxygen atoms in total. The van der Waals surface area contributed by atoms with E-state index in [2.05, 4.69) is 21.4 Å². The first-order chi connectivity index (χ1) is 8.75. The predicted octanol–water partition coefficient (Wildman–Crippen LogP) is 2.48. The molecular formula is C13H17N3O2. The fraction of sp³-hybridized carbons (Fsp3) is 0.462. The van der Waals surface area contributed by atoms with Gasteiger partial charge >= 0.3 is 5.97 Å². The minimum Gasteiger partial charge on any atom is -0.476 e. The number of aromatic carboxylic acids is 1. The summed E-state index contributed by atoms with van der Waals surface area (Å²) >= 11 is 0. The molecule has 1 aromatic heterocycles. The van der Waals surface area contributed by atoms with Crippen molar-refractivity contribution >= 4 is 11.8 Å². The zero-order chi connectivity index (χ0) is 12.8. The van der Waals surface area contributed by atoms with Crippen LogP contribution >= 0.6 is 0 Å². The second kappa shape index (κ2) is 6.14. The maximum Gasteiger partial charge on any atom is 0.356 e. The quantitative estimate of drug-likeness (QED) is 0.782. The zero-order valence-electron chi connectivity index (χ0n) is 10.2. The Balaban J connectivity index is 1.79. The molecule has 1 aliphatic rings. The average Bonchev–Trinajstić information content (AvgIpc) is 2.40. The molecule has 2 N–H and O–H groups in total. The van der Waals surface area contributed by atoms with E-state index in [4.69, 9.17) is 5.11 Å². The Morgan fingerprint density at radius 1 is 1.33 bits per heavy atom. The highest BCUT2D eigenvalue weighted by atomic mass is 16.4. The average molecular weight is 247 g/mol. The van der Waals surface area contributed by atoms with E-state index in [1.165, 1.54) is 43.7 Å². The lowest BCUT2D eigenvalue weighted by atomic mass is 9.97. The summed E-state index contributed by atoms with van der Waals surface area (Å²) in [7, 11) is 0. The van der Waals surface area contributed by atoms with Gasteiger partial charge in [0.2, 0.25) is 0 Å². The van der Waals surface area contributed by atoms with E-state index in [1.54, 1.807) is 0 Å². The molecule has 0 spiro atoms. The monoisotopic (exact) mass is 247 g/mol. The molecule has 0 saturated carbocycles. The van der Waals surface area contributed by atoms with Gasteiger partial charge in [-0.25, -0.2) is 14.8 Å². The topological polar surface area (TPSA) is 75.1 Å². The fourth-order valence-electron chi connectivity index (χ4n) is 2.01. The van der Waals surface area contributed by atoms with E-state index in [0.29, 0.717) is 5.82 Å². The van der Waals surface area contributed by atoms with Crippen LogP contribution < -0.4 is 5.32 Å². The van der Waals surface area contributed by atoms with Crippen molar-refractivity contribution in [3.63, 3.8) is 0 Å². The van der Waals surface area contributed by atoms with E-state index < -0.39 is 5.97 Å². The number of nitrogens with zero attached hydrogens (tertiary/aromatic N) is 2. The molecule has 0 radical (unpaired) electrons. The van der Waals surface area contributed by atoms with Crippen LogP contribution in [0.25, 0.3) is 0 Å². The first-order valence-electron chi connectivity index (χ1n) is 6.23. The van der Waals surface area contributed by atoms with Gasteiger partial charge in [0.25, 0.3) is 0 Å². The van der Waals surface area contributed by atoms with Crippen molar-refractivity contribution < 1.29 is 9.90 Å². The fourth-order valence-corrected chi connectivity index (χ4v) is 2.01. The first-order valence-corrected chi connectivity index (χ1v) is 6.23. The lowest BCUT2D eigenvalue weighted by Crippen LogP contribution is -2.08. The van der Waals surface area contributed by atoms with Gasteiger partial charge in [-0.1, -0.05) is 11.6 Å². The highest BCUT2D eigenvalue weighted by molar-refractivity contribution is 5.84. The van der Waals surface area contributed by atoms with Gasteiger partial charge in [-0.2, -0.15) is 0 Å². The number of allylic oxidation sites excluding steroid dienone is 1. The molecule has 0 unspecified atom stereocenters. The third-order valence-corrected chi connectivity index (χ3v) is 3.01. The summed E-state index contributed by atoms with van der Waals surface area (Å²) < 4.78 is 0. The van der Waals surface area contributed by atoms with E-state index >= 15 is 0 Å². The van der Waals surface area contributed by atoms with Crippen molar-refractivity contribution in [2.75, 3.05) is 11.9 Å². The molecule has 2 rings (SSSR count). The Morgan fingerprint density at radius 3 is 2.83 bits per heavy atom. The van der Waals surface area contributed by atoms with Crippen LogP contribution in [0.15, 0.2) is 24.0 Å². The number of hydrogen-bond acceptors (Lipinski definition) is 4. The van der Waals surface area contributed by atoms with Gasteiger partial charge in [0, 0.05) is 6.54 Å². The Labute approximate surface area is 106 Å². The van der Waals surface area contributed by atoms with Gasteiger partial charge < -0.3 is 10.4 Å². The third-order valence-electron chi connectivity index (χ3n) is 3.01. The van der Waals surface area contributed by atoms with Crippen LogP contribution in [0.3, 0.4) is 0 Å². The van der Waals surface area contributed by atoms with Crippen LogP contribution in [-0.4, -0.2) is 27.6 Å². The summed E-state index contributed by atoms with van der Waals surface area (Å²) in [6.07, 6.45) is 11.1. The van der Waals surface area contributed by atoms with Gasteiger partial charge in [-0.15, -0.1) is 0 Å². The van der Waals surface area contributed by atoms with Gasteiger partial charge in [-0.05, 0) is 32.1 Å². The van der Waals surface area contributed by atoms with Gasteiger partial charge in [-0.3, -0.25) is 0 Å². The Bertz CT molecular complexity index is 440. The Morgan fingerprint density at radius 2 is 2.22 bits per heavy atom. The SMILES string of the molecule is O=C(O)c1cnc(NCCC2=CCCCC2)cn1. The largest absolute Gasteiger partial charge is 0.476 e. The smallest absolute Gasteiger partial charge is 0.356 e. The van der Waals surface area contributed by atoms with Crippen LogP contribution in [0, 0.1) is 0 Å². The summed E-state index contributed by atoms with van der Waals surface area (Å²) in [5, 5.41) is 11.8. The van der Waals surface area contributed by atoms with Crippen LogP contribution in [0.1, 0.15) is 42.6 Å². The standard InChI is InChI=1S/C13H17N3O2/c17-13(18)11-8-16-12(9-15-11)14-7-6-10-4-2-1-3-5-10/h4,8-9H,1-3,5-7H2,(H,14,16)(H,17,18). The highest BCUT2D eigenvalue weighted by Gasteiger charge is 2.05. The lowest BCUT2D eigenvalue weighted by molar-refractivity contribution is 0.0690. The molecule has 5 heteroatoms. The van der Waals surface area contributed by atoms with Crippen molar-refractivity contribution in [1.82, 2.24) is 9.97 Å². The number of carboxylic acids is 1. The number of nitrogens with one attached hydrogen (secondary N) is 1. The number of hydrogen-bond donors (Lipinski definition) is 2. The van der Waals surface area contributed by atoms with Crippen molar-refractivity contribution in [2.45, 2.75) is 32.1 Å².